The van der Waals surface area contributed by atoms with Crippen LogP contribution in [0.4, 0.5) is 0 Å². The van der Waals surface area contributed by atoms with E-state index in [0.717, 1.165) is 0 Å². The van der Waals surface area contributed by atoms with Gasteiger partial charge < -0.3 is 34.7 Å². The molecule has 1 unspecified atom stereocenters. The van der Waals surface area contributed by atoms with E-state index in [1.807, 2.05) is 0 Å². The summed E-state index contributed by atoms with van der Waals surface area (Å²) >= 11 is 0. The number of hydrogen-bond donors (Lipinski definition) is 0. The van der Waals surface area contributed by atoms with Gasteiger partial charge in [-0.1, -0.05) is 18.2 Å². The van der Waals surface area contributed by atoms with Gasteiger partial charge in [-0.25, -0.2) is 0 Å². The van der Waals surface area contributed by atoms with E-state index < -0.39 is 15.6 Å². The molecular formula is C6H9Na3O9P2. The van der Waals surface area contributed by atoms with E-state index in [0.29, 0.717) is 0 Å². The van der Waals surface area contributed by atoms with Crippen LogP contribution in [0.3, 0.4) is 0 Å². The van der Waals surface area contributed by atoms with Crippen molar-refractivity contribution in [3.8, 4) is 5.75 Å². The molecule has 1 aromatic rings. The van der Waals surface area contributed by atoms with Crippen molar-refractivity contribution in [2.45, 2.75) is 0 Å². The predicted octanol–water partition coefficient (Wildman–Crippen LogP) is -11.3. The van der Waals surface area contributed by atoms with E-state index in [9.17, 15) is 23.8 Å². The second kappa shape index (κ2) is 14.8. The third kappa shape index (κ3) is 16.6. The summed E-state index contributed by atoms with van der Waals surface area (Å²) in [7, 11) is -10.8. The van der Waals surface area contributed by atoms with Gasteiger partial charge in [0.1, 0.15) is 5.75 Å². The number of rotatable bonds is 4. The fourth-order valence-electron chi connectivity index (χ4n) is 0.750. The van der Waals surface area contributed by atoms with Crippen LogP contribution >= 0.6 is 15.6 Å². The largest absolute Gasteiger partial charge is 1.00 e. The normalized spacial score (nSPS) is 11.8. The zero-order chi connectivity index (χ0) is 11.5. The van der Waals surface area contributed by atoms with Gasteiger partial charge in [-0.3, -0.25) is 8.88 Å². The Morgan fingerprint density at radius 2 is 1.25 bits per heavy atom. The molecule has 14 heteroatoms. The summed E-state index contributed by atoms with van der Waals surface area (Å²) in [6, 6.07) is 7.03. The van der Waals surface area contributed by atoms with Crippen molar-refractivity contribution in [3.63, 3.8) is 0 Å². The van der Waals surface area contributed by atoms with Crippen LogP contribution in [-0.2, 0) is 13.4 Å². The minimum atomic E-state index is -5.62. The smallest absolute Gasteiger partial charge is 0.789 e. The van der Waals surface area contributed by atoms with Gasteiger partial charge in [0.15, 0.2) is 0 Å². The van der Waals surface area contributed by atoms with Crippen molar-refractivity contribution < 1.29 is 132 Å². The van der Waals surface area contributed by atoms with Crippen molar-refractivity contribution in [1.29, 1.82) is 0 Å². The van der Waals surface area contributed by atoms with Gasteiger partial charge in [-0.15, -0.1) is 0 Å². The molecule has 0 bridgehead atoms. The number of phosphoric acid groups is 2. The fraction of sp³-hybridized carbons (Fsp3) is 0. The average molecular weight is 356 g/mol. The molecule has 0 saturated carbocycles. The molecule has 0 heterocycles. The quantitative estimate of drug-likeness (QED) is 0.378. The third-order valence-corrected chi connectivity index (χ3v) is 3.19. The Bertz CT molecular complexity index is 425. The van der Waals surface area contributed by atoms with Crippen LogP contribution in [0.15, 0.2) is 30.3 Å². The molecule has 0 aliphatic carbocycles. The van der Waals surface area contributed by atoms with Gasteiger partial charge in [0.2, 0.25) is 0 Å². The Kier molecular flexibility index (Phi) is 25.0. The van der Waals surface area contributed by atoms with E-state index >= 15 is 0 Å². The van der Waals surface area contributed by atoms with Crippen molar-refractivity contribution in [1.82, 2.24) is 0 Å². The number of para-hydroxylation sites is 1. The molecule has 0 spiro atoms. The molecule has 0 radical (unpaired) electrons. The first-order chi connectivity index (χ1) is 6.79. The van der Waals surface area contributed by atoms with Crippen LogP contribution in [0.25, 0.3) is 0 Å². The molecule has 1 atom stereocenters. The zero-order valence-electron chi connectivity index (χ0n) is 11.1. The predicted molar refractivity (Wildman–Crippen MR) is 50.6 cm³/mol. The number of hydrogen-bond acceptors (Lipinski definition) is 7. The van der Waals surface area contributed by atoms with Gasteiger partial charge >= 0.3 is 96.5 Å². The molecule has 0 aliphatic heterocycles. The molecule has 0 saturated heterocycles. The maximum atomic E-state index is 10.8. The average Bonchev–Trinajstić information content (AvgIpc) is 1.99. The molecular weight excluding hydrogens is 347 g/mol. The summed E-state index contributed by atoms with van der Waals surface area (Å²) in [5, 5.41) is 0. The minimum Gasteiger partial charge on any atom is -0.789 e. The molecule has 20 heavy (non-hydrogen) atoms. The molecule has 0 fully saturated rings. The first-order valence-corrected chi connectivity index (χ1v) is 6.50. The van der Waals surface area contributed by atoms with E-state index in [4.69, 9.17) is 0 Å². The van der Waals surface area contributed by atoms with Crippen molar-refractivity contribution in [3.05, 3.63) is 30.3 Å². The Balaban J connectivity index is -0.000000150. The zero-order valence-corrected chi connectivity index (χ0v) is 18.9. The van der Waals surface area contributed by atoms with Crippen molar-refractivity contribution in [2.75, 3.05) is 0 Å². The van der Waals surface area contributed by atoms with E-state index in [-0.39, 0.29) is 105 Å². The maximum absolute atomic E-state index is 10.8. The van der Waals surface area contributed by atoms with Gasteiger partial charge in [0.25, 0.3) is 0 Å². The SMILES string of the molecule is O.O.O=P([O-])([O-])OP(=O)([O-])Oc1ccccc1.[Na+].[Na+].[Na+]. The Morgan fingerprint density at radius 3 is 1.60 bits per heavy atom. The third-order valence-electron chi connectivity index (χ3n) is 1.16. The first-order valence-electron chi connectivity index (χ1n) is 3.58. The summed E-state index contributed by atoms with van der Waals surface area (Å²) in [6.45, 7) is 0. The Labute approximate surface area is 181 Å². The summed E-state index contributed by atoms with van der Waals surface area (Å²) in [5.41, 5.74) is 0. The number of benzene rings is 1. The molecule has 0 aromatic heterocycles. The topological polar surface area (TPSA) is 185 Å². The molecule has 0 amide bonds. The molecule has 1 aromatic carbocycles. The summed E-state index contributed by atoms with van der Waals surface area (Å²) in [5.74, 6) is -0.149. The maximum Gasteiger partial charge on any atom is 1.00 e. The van der Waals surface area contributed by atoms with Gasteiger partial charge in [-0.05, 0) is 12.1 Å². The minimum absolute atomic E-state index is 0. The first kappa shape index (κ1) is 33.8. The van der Waals surface area contributed by atoms with E-state index in [1.165, 1.54) is 24.3 Å². The van der Waals surface area contributed by atoms with Gasteiger partial charge in [-0.2, -0.15) is 0 Å². The van der Waals surface area contributed by atoms with E-state index in [1.54, 1.807) is 6.07 Å². The van der Waals surface area contributed by atoms with Crippen LogP contribution < -0.4 is 108 Å². The summed E-state index contributed by atoms with van der Waals surface area (Å²) < 4.78 is 28.3. The van der Waals surface area contributed by atoms with Crippen LogP contribution in [-0.4, -0.2) is 11.0 Å². The molecule has 4 N–H and O–H groups in total. The fourth-order valence-corrected chi connectivity index (χ4v) is 2.24. The van der Waals surface area contributed by atoms with Crippen LogP contribution in [0, 0.1) is 0 Å². The van der Waals surface area contributed by atoms with Crippen LogP contribution in [0.5, 0.6) is 5.75 Å². The Morgan fingerprint density at radius 1 is 0.850 bits per heavy atom. The summed E-state index contributed by atoms with van der Waals surface area (Å²) in [4.78, 5) is 30.9. The van der Waals surface area contributed by atoms with Crippen molar-refractivity contribution in [2.24, 2.45) is 0 Å². The Hall–Kier alpha value is 2.24. The second-order valence-electron chi connectivity index (χ2n) is 2.38. The number of phosphoric ester groups is 1. The summed E-state index contributed by atoms with van der Waals surface area (Å²) in [6.07, 6.45) is 0. The molecule has 0 aliphatic rings. The second-order valence-corrected chi connectivity index (χ2v) is 5.01. The van der Waals surface area contributed by atoms with Crippen molar-refractivity contribution >= 4 is 15.6 Å². The molecule has 1 rings (SSSR count). The van der Waals surface area contributed by atoms with Crippen LogP contribution in [0.1, 0.15) is 0 Å². The molecule has 100 valence electrons. The molecule has 9 nitrogen and oxygen atoms in total. The van der Waals surface area contributed by atoms with Gasteiger partial charge in [0, 0.05) is 0 Å². The van der Waals surface area contributed by atoms with Gasteiger partial charge in [0.05, 0.1) is 7.82 Å². The standard InChI is InChI=1S/C6H8O7P2.3Na.2H2O/c7-14(8,9)13-15(10,11)12-6-4-2-1-3-5-6;;;;;/h1-5H,(H,10,11)(H2,7,8,9);;;;2*1H2/q;3*+1;;/p-3. The van der Waals surface area contributed by atoms with E-state index in [2.05, 4.69) is 8.83 Å². The monoisotopic (exact) mass is 356 g/mol. The van der Waals surface area contributed by atoms with Crippen LogP contribution in [0.2, 0.25) is 0 Å².